The second kappa shape index (κ2) is 25.8. The van der Waals surface area contributed by atoms with E-state index in [0.717, 1.165) is 56.7 Å². The highest BCUT2D eigenvalue weighted by Gasteiger charge is 2.22. The molecule has 7 nitrogen and oxygen atoms in total. The number of rotatable bonds is 27. The lowest BCUT2D eigenvalue weighted by Gasteiger charge is -2.08. The van der Waals surface area contributed by atoms with Crippen molar-refractivity contribution in [3.8, 4) is 0 Å². The molecule has 0 spiro atoms. The average molecular weight is 635 g/mol. The van der Waals surface area contributed by atoms with Gasteiger partial charge in [0.15, 0.2) is 0 Å². The van der Waals surface area contributed by atoms with E-state index in [1.165, 1.54) is 115 Å². The van der Waals surface area contributed by atoms with Crippen molar-refractivity contribution in [3.05, 3.63) is 54.0 Å². The second-order valence-corrected chi connectivity index (χ2v) is 13.1. The van der Waals surface area contributed by atoms with E-state index in [9.17, 15) is 22.6 Å². The first-order valence-electron chi connectivity index (χ1n) is 17.1. The standard InChI is InChI=1S/C36H58O7S/c1-3-5-7-9-11-13-15-17-19-21-23-25-29-42-35(37)33-28-27-32(44(39,40)41)31-34(33)36(38)43-30-26-24-22-20-18-16-14-12-10-8-6-4-2/h25-31H,3-24H2,1-2H3,(H,39,40,41)/b29-25+,30-26+. The number of carbonyl (C=O) groups is 2. The molecular weight excluding hydrogens is 576 g/mol. The van der Waals surface area contributed by atoms with Gasteiger partial charge in [-0.2, -0.15) is 8.42 Å². The van der Waals surface area contributed by atoms with Gasteiger partial charge in [-0.15, -0.1) is 0 Å². The number of carbonyl (C=O) groups excluding carboxylic acids is 2. The number of unbranched alkanes of at least 4 members (excludes halogenated alkanes) is 20. The number of allylic oxidation sites excluding steroid dienone is 2. The van der Waals surface area contributed by atoms with Crippen LogP contribution < -0.4 is 0 Å². The van der Waals surface area contributed by atoms with Gasteiger partial charge in [0.1, 0.15) is 0 Å². The minimum Gasteiger partial charge on any atom is -0.431 e. The fraction of sp³-hybridized carbons (Fsp3) is 0.667. The van der Waals surface area contributed by atoms with Crippen LogP contribution in [0.5, 0.6) is 0 Å². The van der Waals surface area contributed by atoms with E-state index in [0.29, 0.717) is 0 Å². The number of hydrogen-bond donors (Lipinski definition) is 1. The Kier molecular flexibility index (Phi) is 23.2. The summed E-state index contributed by atoms with van der Waals surface area (Å²) in [5, 5.41) is 0. The molecule has 0 bridgehead atoms. The third-order valence-electron chi connectivity index (χ3n) is 7.72. The van der Waals surface area contributed by atoms with Crippen LogP contribution >= 0.6 is 0 Å². The predicted molar refractivity (Wildman–Crippen MR) is 178 cm³/mol. The van der Waals surface area contributed by atoms with Gasteiger partial charge < -0.3 is 9.47 Å². The SMILES string of the molecule is CCCCCCCCCCCC/C=C/OC(=O)c1ccc(S(=O)(=O)O)cc1C(=O)O/C=C/CCCCCCCCCCCC. The Morgan fingerprint density at radius 1 is 0.591 bits per heavy atom. The fourth-order valence-corrected chi connectivity index (χ4v) is 5.52. The molecule has 0 aliphatic heterocycles. The van der Waals surface area contributed by atoms with Crippen molar-refractivity contribution in [2.45, 2.75) is 160 Å². The van der Waals surface area contributed by atoms with E-state index >= 15 is 0 Å². The quantitative estimate of drug-likeness (QED) is 0.0444. The largest absolute Gasteiger partial charge is 0.431 e. The molecule has 1 aromatic rings. The minimum absolute atomic E-state index is 0.144. The Balaban J connectivity index is 2.46. The maximum atomic E-state index is 12.8. The first kappa shape index (κ1) is 39.6. The van der Waals surface area contributed by atoms with Crippen molar-refractivity contribution in [3.63, 3.8) is 0 Å². The summed E-state index contributed by atoms with van der Waals surface area (Å²) in [7, 11) is -4.58. The second-order valence-electron chi connectivity index (χ2n) is 11.7. The van der Waals surface area contributed by atoms with E-state index < -0.39 is 27.0 Å². The molecule has 0 amide bonds. The van der Waals surface area contributed by atoms with Crippen LogP contribution in [0.4, 0.5) is 0 Å². The third-order valence-corrected chi connectivity index (χ3v) is 8.57. The van der Waals surface area contributed by atoms with Gasteiger partial charge in [0.2, 0.25) is 0 Å². The number of hydrogen-bond acceptors (Lipinski definition) is 6. The van der Waals surface area contributed by atoms with Gasteiger partial charge in [-0.1, -0.05) is 129 Å². The summed E-state index contributed by atoms with van der Waals surface area (Å²) in [5.74, 6) is -1.72. The molecular formula is C36H58O7S. The van der Waals surface area contributed by atoms with Crippen LogP contribution in [-0.2, 0) is 19.6 Å². The van der Waals surface area contributed by atoms with E-state index in [1.54, 1.807) is 12.2 Å². The van der Waals surface area contributed by atoms with Crippen LogP contribution in [-0.4, -0.2) is 24.9 Å². The zero-order valence-corrected chi connectivity index (χ0v) is 28.2. The molecule has 0 unspecified atom stereocenters. The van der Waals surface area contributed by atoms with Crippen LogP contribution in [0.3, 0.4) is 0 Å². The lowest BCUT2D eigenvalue weighted by molar-refractivity contribution is 0.0617. The van der Waals surface area contributed by atoms with Gasteiger partial charge >= 0.3 is 11.9 Å². The molecule has 0 aliphatic carbocycles. The van der Waals surface area contributed by atoms with Crippen molar-refractivity contribution in [1.82, 2.24) is 0 Å². The molecule has 1 rings (SSSR count). The lowest BCUT2D eigenvalue weighted by Crippen LogP contribution is -2.13. The fourth-order valence-electron chi connectivity index (χ4n) is 5.01. The van der Waals surface area contributed by atoms with Crippen molar-refractivity contribution >= 4 is 22.1 Å². The summed E-state index contributed by atoms with van der Waals surface area (Å²) in [6.07, 6.45) is 32.3. The average Bonchev–Trinajstić information content (AvgIpc) is 3.00. The maximum Gasteiger partial charge on any atom is 0.343 e. The van der Waals surface area contributed by atoms with Crippen LogP contribution in [0.2, 0.25) is 0 Å². The summed E-state index contributed by atoms with van der Waals surface area (Å²) < 4.78 is 43.1. The summed E-state index contributed by atoms with van der Waals surface area (Å²) in [6, 6.07) is 3.13. The first-order valence-corrected chi connectivity index (χ1v) is 18.6. The number of esters is 2. The molecule has 0 aliphatic rings. The Morgan fingerprint density at radius 3 is 1.34 bits per heavy atom. The lowest BCUT2D eigenvalue weighted by atomic mass is 10.1. The van der Waals surface area contributed by atoms with E-state index in [-0.39, 0.29) is 11.1 Å². The molecule has 1 aromatic carbocycles. The van der Waals surface area contributed by atoms with Gasteiger partial charge in [0, 0.05) is 0 Å². The Hall–Kier alpha value is -2.45. The third kappa shape index (κ3) is 19.8. The molecule has 0 fully saturated rings. The molecule has 250 valence electrons. The molecule has 0 saturated heterocycles. The molecule has 0 heterocycles. The number of ether oxygens (including phenoxy) is 2. The van der Waals surface area contributed by atoms with Crippen molar-refractivity contribution in [2.75, 3.05) is 0 Å². The van der Waals surface area contributed by atoms with E-state index in [4.69, 9.17) is 9.47 Å². The zero-order valence-electron chi connectivity index (χ0n) is 27.4. The Labute approximate surface area is 267 Å². The highest BCUT2D eigenvalue weighted by atomic mass is 32.2. The molecule has 0 atom stereocenters. The minimum atomic E-state index is -4.58. The highest BCUT2D eigenvalue weighted by molar-refractivity contribution is 7.85. The normalized spacial score (nSPS) is 11.9. The van der Waals surface area contributed by atoms with Gasteiger partial charge in [0.05, 0.1) is 28.5 Å². The van der Waals surface area contributed by atoms with E-state index in [1.807, 2.05) is 0 Å². The number of benzene rings is 1. The molecule has 0 radical (unpaired) electrons. The smallest absolute Gasteiger partial charge is 0.343 e. The van der Waals surface area contributed by atoms with Gasteiger partial charge in [0.25, 0.3) is 10.1 Å². The van der Waals surface area contributed by atoms with Crippen molar-refractivity contribution in [2.24, 2.45) is 0 Å². The van der Waals surface area contributed by atoms with Crippen LogP contribution in [0, 0.1) is 0 Å². The molecule has 8 heteroatoms. The van der Waals surface area contributed by atoms with Crippen LogP contribution in [0.15, 0.2) is 47.8 Å². The van der Waals surface area contributed by atoms with Crippen molar-refractivity contribution in [1.29, 1.82) is 0 Å². The summed E-state index contributed by atoms with van der Waals surface area (Å²) in [5.41, 5.74) is -0.439. The monoisotopic (exact) mass is 634 g/mol. The maximum absolute atomic E-state index is 12.8. The zero-order chi connectivity index (χ0) is 32.3. The molecule has 0 saturated carbocycles. The van der Waals surface area contributed by atoms with Crippen LogP contribution in [0.1, 0.15) is 176 Å². The van der Waals surface area contributed by atoms with Gasteiger partial charge in [-0.3, -0.25) is 4.55 Å². The summed E-state index contributed by atoms with van der Waals surface area (Å²) >= 11 is 0. The van der Waals surface area contributed by atoms with Gasteiger partial charge in [-0.25, -0.2) is 9.59 Å². The Bertz CT molecular complexity index is 1080. The van der Waals surface area contributed by atoms with Crippen molar-refractivity contribution < 1.29 is 32.0 Å². The summed E-state index contributed by atoms with van der Waals surface area (Å²) in [6.45, 7) is 4.45. The molecule has 0 aromatic heterocycles. The topological polar surface area (TPSA) is 107 Å². The van der Waals surface area contributed by atoms with Crippen LogP contribution in [0.25, 0.3) is 0 Å². The highest BCUT2D eigenvalue weighted by Crippen LogP contribution is 2.19. The summed E-state index contributed by atoms with van der Waals surface area (Å²) in [4.78, 5) is 25.0. The predicted octanol–water partition coefficient (Wildman–Crippen LogP) is 10.9. The molecule has 44 heavy (non-hydrogen) atoms. The first-order chi connectivity index (χ1) is 21.3. The Morgan fingerprint density at radius 2 is 0.955 bits per heavy atom. The van der Waals surface area contributed by atoms with E-state index in [2.05, 4.69) is 13.8 Å². The molecule has 1 N–H and O–H groups in total. The van der Waals surface area contributed by atoms with Gasteiger partial charge in [-0.05, 0) is 56.0 Å².